The normalized spacial score (nSPS) is 14.6. The number of halogens is 1. The molecular formula is C6H14FN. The molecule has 0 heterocycles. The first kappa shape index (κ1) is 7.89. The van der Waals surface area contributed by atoms with E-state index in [1.165, 1.54) is 0 Å². The highest BCUT2D eigenvalue weighted by Crippen LogP contribution is 1.96. The molecule has 8 heavy (non-hydrogen) atoms. The van der Waals surface area contributed by atoms with E-state index in [4.69, 9.17) is 0 Å². The molecule has 0 saturated heterocycles. The van der Waals surface area contributed by atoms with E-state index in [2.05, 4.69) is 0 Å². The molecule has 0 unspecified atom stereocenters. The zero-order valence-electron chi connectivity index (χ0n) is 5.82. The summed E-state index contributed by atoms with van der Waals surface area (Å²) >= 11 is 0. The van der Waals surface area contributed by atoms with Crippen LogP contribution in [0.4, 0.5) is 4.39 Å². The Labute approximate surface area is 50.5 Å². The molecule has 0 aliphatic rings. The zero-order chi connectivity index (χ0) is 6.57. The fourth-order valence-corrected chi connectivity index (χ4v) is 0.727. The van der Waals surface area contributed by atoms with Gasteiger partial charge < -0.3 is 0 Å². The van der Waals surface area contributed by atoms with Crippen LogP contribution in [0.1, 0.15) is 20.8 Å². The van der Waals surface area contributed by atoms with Crippen LogP contribution in [0, 0.1) is 0 Å². The van der Waals surface area contributed by atoms with Crippen LogP contribution in [0.2, 0.25) is 0 Å². The largest absolute Gasteiger partial charge is 0.275 e. The molecule has 0 N–H and O–H groups in total. The molecule has 0 spiro atoms. The van der Waals surface area contributed by atoms with Crippen LogP contribution in [0.5, 0.6) is 0 Å². The highest BCUT2D eigenvalue weighted by molar-refractivity contribution is 4.50. The van der Waals surface area contributed by atoms with Crippen molar-refractivity contribution < 1.29 is 4.39 Å². The van der Waals surface area contributed by atoms with Gasteiger partial charge in [-0.25, -0.2) is 4.39 Å². The number of hydrogen-bond acceptors (Lipinski definition) is 1. The highest BCUT2D eigenvalue weighted by atomic mass is 19.1. The summed E-state index contributed by atoms with van der Waals surface area (Å²) < 4.78 is 12.3. The minimum atomic E-state index is -0.787. The third kappa shape index (κ3) is 2.26. The van der Waals surface area contributed by atoms with Crippen molar-refractivity contribution in [3.8, 4) is 0 Å². The lowest BCUT2D eigenvalue weighted by Gasteiger charge is -2.18. The van der Waals surface area contributed by atoms with Gasteiger partial charge in [-0.1, -0.05) is 13.8 Å². The topological polar surface area (TPSA) is 3.24 Å². The van der Waals surface area contributed by atoms with E-state index in [0.717, 1.165) is 13.1 Å². The molecule has 0 saturated carbocycles. The first-order valence-corrected chi connectivity index (χ1v) is 3.10. The van der Waals surface area contributed by atoms with Crippen LogP contribution < -0.4 is 0 Å². The molecular weight excluding hydrogens is 105 g/mol. The number of rotatable bonds is 3. The maximum Gasteiger partial charge on any atom is 0.150 e. The van der Waals surface area contributed by atoms with Gasteiger partial charge in [-0.3, -0.25) is 4.90 Å². The van der Waals surface area contributed by atoms with Gasteiger partial charge in [0.2, 0.25) is 0 Å². The van der Waals surface area contributed by atoms with Crippen molar-refractivity contribution in [2.75, 3.05) is 13.1 Å². The van der Waals surface area contributed by atoms with E-state index < -0.39 is 6.30 Å². The average Bonchev–Trinajstić information content (AvgIpc) is 1.69. The van der Waals surface area contributed by atoms with Crippen molar-refractivity contribution in [1.29, 1.82) is 0 Å². The Morgan fingerprint density at radius 3 is 1.75 bits per heavy atom. The third-order valence-corrected chi connectivity index (χ3v) is 1.32. The second-order valence-corrected chi connectivity index (χ2v) is 1.80. The first-order chi connectivity index (χ1) is 3.72. The minimum Gasteiger partial charge on any atom is -0.275 e. The van der Waals surface area contributed by atoms with Crippen LogP contribution in [-0.2, 0) is 0 Å². The fraction of sp³-hybridized carbons (Fsp3) is 1.00. The lowest BCUT2D eigenvalue weighted by atomic mass is 10.5. The molecule has 1 atom stereocenters. The van der Waals surface area contributed by atoms with Crippen LogP contribution in [0.3, 0.4) is 0 Å². The predicted octanol–water partition coefficient (Wildman–Crippen LogP) is 1.64. The third-order valence-electron chi connectivity index (χ3n) is 1.32. The summed E-state index contributed by atoms with van der Waals surface area (Å²) in [5, 5.41) is 0. The molecule has 0 rings (SSSR count). The Balaban J connectivity index is 3.35. The highest BCUT2D eigenvalue weighted by Gasteiger charge is 2.04. The molecule has 0 fully saturated rings. The monoisotopic (exact) mass is 119 g/mol. The van der Waals surface area contributed by atoms with Crippen LogP contribution >= 0.6 is 0 Å². The van der Waals surface area contributed by atoms with Gasteiger partial charge >= 0.3 is 0 Å². The number of alkyl halides is 1. The van der Waals surface area contributed by atoms with Crippen molar-refractivity contribution in [3.63, 3.8) is 0 Å². The van der Waals surface area contributed by atoms with Gasteiger partial charge in [0, 0.05) is 0 Å². The van der Waals surface area contributed by atoms with Gasteiger partial charge in [0.1, 0.15) is 0 Å². The van der Waals surface area contributed by atoms with Crippen molar-refractivity contribution in [2.24, 2.45) is 0 Å². The van der Waals surface area contributed by atoms with E-state index in [-0.39, 0.29) is 0 Å². The molecule has 0 radical (unpaired) electrons. The molecule has 0 bridgehead atoms. The van der Waals surface area contributed by atoms with E-state index in [1.54, 1.807) is 11.8 Å². The Morgan fingerprint density at radius 1 is 1.38 bits per heavy atom. The zero-order valence-corrected chi connectivity index (χ0v) is 5.82. The van der Waals surface area contributed by atoms with Crippen LogP contribution in [-0.4, -0.2) is 24.3 Å². The predicted molar refractivity (Wildman–Crippen MR) is 33.5 cm³/mol. The second kappa shape index (κ2) is 3.84. The minimum absolute atomic E-state index is 0.787. The Hall–Kier alpha value is -0.110. The average molecular weight is 119 g/mol. The summed E-state index contributed by atoms with van der Waals surface area (Å²) in [5.41, 5.74) is 0. The van der Waals surface area contributed by atoms with Gasteiger partial charge in [0.15, 0.2) is 6.30 Å². The maximum atomic E-state index is 12.3. The standard InChI is InChI=1S/C6H14FN/c1-4-8(5-2)6(3)7/h6H,4-5H2,1-3H3/t6-/m1/s1. The Kier molecular flexibility index (Phi) is 3.79. The lowest BCUT2D eigenvalue weighted by molar-refractivity contribution is 0.110. The second-order valence-electron chi connectivity index (χ2n) is 1.80. The molecule has 0 aromatic heterocycles. The molecule has 0 aliphatic heterocycles. The van der Waals surface area contributed by atoms with Crippen LogP contribution in [0.15, 0.2) is 0 Å². The van der Waals surface area contributed by atoms with Crippen molar-refractivity contribution >= 4 is 0 Å². The van der Waals surface area contributed by atoms with Crippen molar-refractivity contribution in [1.82, 2.24) is 4.90 Å². The van der Waals surface area contributed by atoms with E-state index in [1.807, 2.05) is 13.8 Å². The summed E-state index contributed by atoms with van der Waals surface area (Å²) in [4.78, 5) is 1.75. The van der Waals surface area contributed by atoms with Gasteiger partial charge in [-0.05, 0) is 20.0 Å². The van der Waals surface area contributed by atoms with Gasteiger partial charge in [-0.15, -0.1) is 0 Å². The van der Waals surface area contributed by atoms with E-state index in [0.29, 0.717) is 0 Å². The Bertz CT molecular complexity index is 50.5. The van der Waals surface area contributed by atoms with Crippen molar-refractivity contribution in [2.45, 2.75) is 27.1 Å². The Morgan fingerprint density at radius 2 is 1.75 bits per heavy atom. The van der Waals surface area contributed by atoms with E-state index >= 15 is 0 Å². The SMILES string of the molecule is CCN(CC)[C@H](C)F. The number of nitrogens with zero attached hydrogens (tertiary/aromatic N) is 1. The summed E-state index contributed by atoms with van der Waals surface area (Å²) in [6.45, 7) is 7.08. The van der Waals surface area contributed by atoms with Gasteiger partial charge in [-0.2, -0.15) is 0 Å². The molecule has 2 heteroatoms. The quantitative estimate of drug-likeness (QED) is 0.510. The fourth-order valence-electron chi connectivity index (χ4n) is 0.727. The molecule has 1 nitrogen and oxygen atoms in total. The van der Waals surface area contributed by atoms with Gasteiger partial charge in [0.05, 0.1) is 0 Å². The molecule has 0 amide bonds. The summed E-state index contributed by atoms with van der Waals surface area (Å²) in [7, 11) is 0. The first-order valence-electron chi connectivity index (χ1n) is 3.10. The summed E-state index contributed by atoms with van der Waals surface area (Å²) in [6, 6.07) is 0. The maximum absolute atomic E-state index is 12.3. The molecule has 0 aromatic rings. The molecule has 0 aliphatic carbocycles. The molecule has 50 valence electrons. The van der Waals surface area contributed by atoms with Gasteiger partial charge in [0.25, 0.3) is 0 Å². The van der Waals surface area contributed by atoms with E-state index in [9.17, 15) is 4.39 Å². The summed E-state index contributed by atoms with van der Waals surface area (Å²) in [6.07, 6.45) is -0.787. The smallest absolute Gasteiger partial charge is 0.150 e. The lowest BCUT2D eigenvalue weighted by Crippen LogP contribution is -2.28. The van der Waals surface area contributed by atoms with Crippen molar-refractivity contribution in [3.05, 3.63) is 0 Å². The van der Waals surface area contributed by atoms with Crippen LogP contribution in [0.25, 0.3) is 0 Å². The molecule has 0 aromatic carbocycles. The number of hydrogen-bond donors (Lipinski definition) is 0. The summed E-state index contributed by atoms with van der Waals surface area (Å²) in [5.74, 6) is 0.